The van der Waals surface area contributed by atoms with Crippen molar-refractivity contribution in [2.75, 3.05) is 5.73 Å². The Morgan fingerprint density at radius 1 is 1.23 bits per heavy atom. The maximum absolute atomic E-state index is 12.8. The summed E-state index contributed by atoms with van der Waals surface area (Å²) in [7, 11) is 0. The van der Waals surface area contributed by atoms with Crippen LogP contribution in [0.3, 0.4) is 0 Å². The molecule has 0 amide bonds. The maximum Gasteiger partial charge on any atom is 0.435 e. The van der Waals surface area contributed by atoms with E-state index in [1.807, 2.05) is 6.07 Å². The zero-order chi connectivity index (χ0) is 16.1. The number of fused-ring (bicyclic) bond motifs is 1. The van der Waals surface area contributed by atoms with Crippen LogP contribution in [0.1, 0.15) is 23.9 Å². The topological polar surface area (TPSA) is 82.2 Å². The lowest BCUT2D eigenvalue weighted by molar-refractivity contribution is -0.141. The Morgan fingerprint density at radius 3 is 2.59 bits per heavy atom. The SMILES string of the molecule is CC1(c2cccc(N)c2)Cn2nc(C(F)(F)F)cc2C(N)=N1. The van der Waals surface area contributed by atoms with Gasteiger partial charge in [-0.3, -0.25) is 9.67 Å². The normalized spacial score (nSPS) is 21.4. The first-order valence-electron chi connectivity index (χ1n) is 6.56. The van der Waals surface area contributed by atoms with E-state index in [2.05, 4.69) is 10.1 Å². The van der Waals surface area contributed by atoms with Gasteiger partial charge in [-0.15, -0.1) is 0 Å². The van der Waals surface area contributed by atoms with Gasteiger partial charge in [-0.25, -0.2) is 0 Å². The Labute approximate surface area is 124 Å². The van der Waals surface area contributed by atoms with Gasteiger partial charge in [0.15, 0.2) is 5.69 Å². The molecule has 2 heterocycles. The van der Waals surface area contributed by atoms with Gasteiger partial charge in [0.05, 0.1) is 6.54 Å². The summed E-state index contributed by atoms with van der Waals surface area (Å²) in [4.78, 5) is 4.37. The van der Waals surface area contributed by atoms with Crippen LogP contribution < -0.4 is 11.5 Å². The minimum atomic E-state index is -4.52. The fraction of sp³-hybridized carbons (Fsp3) is 0.286. The highest BCUT2D eigenvalue weighted by Crippen LogP contribution is 2.35. The average Bonchev–Trinajstić information content (AvgIpc) is 2.82. The molecule has 1 atom stereocenters. The van der Waals surface area contributed by atoms with Crippen LogP contribution in [0.25, 0.3) is 0 Å². The fourth-order valence-electron chi connectivity index (χ4n) is 2.56. The molecule has 0 aliphatic carbocycles. The van der Waals surface area contributed by atoms with Crippen molar-refractivity contribution in [3.8, 4) is 0 Å². The Hall–Kier alpha value is -2.51. The van der Waals surface area contributed by atoms with Gasteiger partial charge in [-0.2, -0.15) is 18.3 Å². The Kier molecular flexibility index (Phi) is 2.95. The van der Waals surface area contributed by atoms with E-state index in [9.17, 15) is 13.2 Å². The molecule has 0 spiro atoms. The van der Waals surface area contributed by atoms with Gasteiger partial charge in [0, 0.05) is 5.69 Å². The molecule has 0 bridgehead atoms. The lowest BCUT2D eigenvalue weighted by atomic mass is 9.91. The second-order valence-corrected chi connectivity index (χ2v) is 5.47. The van der Waals surface area contributed by atoms with E-state index >= 15 is 0 Å². The van der Waals surface area contributed by atoms with Crippen LogP contribution in [0.5, 0.6) is 0 Å². The Balaban J connectivity index is 2.06. The summed E-state index contributed by atoms with van der Waals surface area (Å²) in [6.07, 6.45) is -4.52. The molecule has 116 valence electrons. The van der Waals surface area contributed by atoms with E-state index in [4.69, 9.17) is 11.5 Å². The Bertz CT molecular complexity index is 762. The second-order valence-electron chi connectivity index (χ2n) is 5.47. The van der Waals surface area contributed by atoms with Crippen LogP contribution in [0, 0.1) is 0 Å². The number of amidine groups is 1. The largest absolute Gasteiger partial charge is 0.435 e. The van der Waals surface area contributed by atoms with Gasteiger partial charge in [-0.05, 0) is 30.7 Å². The number of rotatable bonds is 1. The summed E-state index contributed by atoms with van der Waals surface area (Å²) in [6, 6.07) is 7.95. The lowest BCUT2D eigenvalue weighted by Crippen LogP contribution is -2.37. The third-order valence-corrected chi connectivity index (χ3v) is 3.67. The van der Waals surface area contributed by atoms with Crippen molar-refractivity contribution >= 4 is 11.5 Å². The minimum absolute atomic E-state index is 0.0270. The van der Waals surface area contributed by atoms with Crippen molar-refractivity contribution in [3.05, 3.63) is 47.3 Å². The number of hydrogen-bond acceptors (Lipinski definition) is 4. The first kappa shape index (κ1) is 14.4. The molecule has 1 unspecified atom stereocenters. The molecule has 22 heavy (non-hydrogen) atoms. The predicted molar refractivity (Wildman–Crippen MR) is 76.2 cm³/mol. The highest BCUT2D eigenvalue weighted by Gasteiger charge is 2.39. The Morgan fingerprint density at radius 2 is 1.95 bits per heavy atom. The molecular formula is C14H14F3N5. The van der Waals surface area contributed by atoms with E-state index in [1.165, 1.54) is 4.68 Å². The number of alkyl halides is 3. The zero-order valence-corrected chi connectivity index (χ0v) is 11.7. The molecule has 0 radical (unpaired) electrons. The average molecular weight is 309 g/mol. The molecule has 4 N–H and O–H groups in total. The molecule has 8 heteroatoms. The highest BCUT2D eigenvalue weighted by atomic mass is 19.4. The molecule has 1 aromatic carbocycles. The van der Waals surface area contributed by atoms with Crippen molar-refractivity contribution in [3.63, 3.8) is 0 Å². The third kappa shape index (κ3) is 2.30. The number of nitrogens with zero attached hydrogens (tertiary/aromatic N) is 3. The number of nitrogen functional groups attached to an aromatic ring is 1. The maximum atomic E-state index is 12.8. The number of benzene rings is 1. The molecule has 1 aliphatic heterocycles. The van der Waals surface area contributed by atoms with Crippen molar-refractivity contribution in [2.45, 2.75) is 25.2 Å². The first-order chi connectivity index (χ1) is 10.2. The number of anilines is 1. The molecule has 5 nitrogen and oxygen atoms in total. The van der Waals surface area contributed by atoms with Crippen LogP contribution in [-0.2, 0) is 18.3 Å². The molecule has 0 saturated heterocycles. The van der Waals surface area contributed by atoms with E-state index in [-0.39, 0.29) is 18.1 Å². The highest BCUT2D eigenvalue weighted by molar-refractivity contribution is 5.97. The summed E-state index contributed by atoms with van der Waals surface area (Å²) >= 11 is 0. The van der Waals surface area contributed by atoms with Crippen molar-refractivity contribution in [1.82, 2.24) is 9.78 Å². The smallest absolute Gasteiger partial charge is 0.399 e. The molecule has 1 aliphatic rings. The molecule has 0 saturated carbocycles. The van der Waals surface area contributed by atoms with E-state index in [1.54, 1.807) is 25.1 Å². The third-order valence-electron chi connectivity index (χ3n) is 3.67. The summed E-state index contributed by atoms with van der Waals surface area (Å²) in [6.45, 7) is 1.94. The number of halogens is 3. The predicted octanol–water partition coefficient (Wildman–Crippen LogP) is 2.12. The fourth-order valence-corrected chi connectivity index (χ4v) is 2.56. The molecule has 0 fully saturated rings. The van der Waals surface area contributed by atoms with E-state index in [0.29, 0.717) is 5.69 Å². The zero-order valence-electron chi connectivity index (χ0n) is 11.7. The number of nitrogens with two attached hydrogens (primary N) is 2. The van der Waals surface area contributed by atoms with E-state index in [0.717, 1.165) is 11.6 Å². The van der Waals surface area contributed by atoms with Crippen LogP contribution in [-0.4, -0.2) is 15.6 Å². The van der Waals surface area contributed by atoms with Gasteiger partial charge in [0.2, 0.25) is 0 Å². The van der Waals surface area contributed by atoms with Crippen LogP contribution in [0.15, 0.2) is 35.3 Å². The quantitative estimate of drug-likeness (QED) is 0.792. The van der Waals surface area contributed by atoms with Crippen LogP contribution in [0.2, 0.25) is 0 Å². The van der Waals surface area contributed by atoms with Gasteiger partial charge in [0.1, 0.15) is 17.1 Å². The van der Waals surface area contributed by atoms with Gasteiger partial charge >= 0.3 is 6.18 Å². The second kappa shape index (κ2) is 4.49. The van der Waals surface area contributed by atoms with Crippen LogP contribution in [0.4, 0.5) is 18.9 Å². The van der Waals surface area contributed by atoms with Crippen LogP contribution >= 0.6 is 0 Å². The van der Waals surface area contributed by atoms with Gasteiger partial charge in [-0.1, -0.05) is 12.1 Å². The first-order valence-corrected chi connectivity index (χ1v) is 6.56. The van der Waals surface area contributed by atoms with Crippen molar-refractivity contribution in [1.29, 1.82) is 0 Å². The summed E-state index contributed by atoms with van der Waals surface area (Å²) < 4.78 is 39.6. The molecule has 3 rings (SSSR count). The summed E-state index contributed by atoms with van der Waals surface area (Å²) in [5.41, 5.74) is 11.3. The van der Waals surface area contributed by atoms with Crippen molar-refractivity contribution in [2.24, 2.45) is 10.7 Å². The molecular weight excluding hydrogens is 295 g/mol. The monoisotopic (exact) mass is 309 g/mol. The summed E-state index contributed by atoms with van der Waals surface area (Å²) in [5.74, 6) is 0.0270. The number of aliphatic imine (C=N–C) groups is 1. The minimum Gasteiger partial charge on any atom is -0.399 e. The standard InChI is InChI=1S/C14H14F3N5/c1-13(8-3-2-4-9(18)5-8)7-22-10(12(19)20-13)6-11(21-22)14(15,16)17/h2-6H,7,18H2,1H3,(H2,19,20). The van der Waals surface area contributed by atoms with Gasteiger partial charge < -0.3 is 11.5 Å². The lowest BCUT2D eigenvalue weighted by Gasteiger charge is -2.31. The number of hydrogen-bond donors (Lipinski definition) is 2. The molecule has 2 aromatic rings. The number of aromatic nitrogens is 2. The van der Waals surface area contributed by atoms with Gasteiger partial charge in [0.25, 0.3) is 0 Å². The summed E-state index contributed by atoms with van der Waals surface area (Å²) in [5, 5.41) is 3.62. The molecule has 1 aromatic heterocycles. The van der Waals surface area contributed by atoms with E-state index < -0.39 is 17.4 Å². The van der Waals surface area contributed by atoms with Crippen molar-refractivity contribution < 1.29 is 13.2 Å².